The molecule has 0 unspecified atom stereocenters. The van der Waals surface area contributed by atoms with E-state index >= 15 is 0 Å². The summed E-state index contributed by atoms with van der Waals surface area (Å²) >= 11 is 16.8. The number of fused-ring (bicyclic) bond motifs is 1. The number of hydrogen-bond acceptors (Lipinski definition) is 2. The van der Waals surface area contributed by atoms with E-state index < -0.39 is 9.58 Å². The molecular weight excluding hydrogens is 359 g/mol. The van der Waals surface area contributed by atoms with E-state index in [1.807, 2.05) is 25.1 Å². The van der Waals surface area contributed by atoms with Gasteiger partial charge in [-0.1, -0.05) is 0 Å². The van der Waals surface area contributed by atoms with Gasteiger partial charge in [0.15, 0.2) is 0 Å². The van der Waals surface area contributed by atoms with Crippen LogP contribution >= 0.6 is 34.8 Å². The zero-order valence-corrected chi connectivity index (χ0v) is 13.5. The van der Waals surface area contributed by atoms with Crippen LogP contribution in [0.4, 0.5) is 5.69 Å². The minimum absolute atomic E-state index is 0.0815. The SMILES string of the molecule is CCN1C(=CC(=O)C(Cl)(Cl)Cl)[Se]c2ccccc21. The summed E-state index contributed by atoms with van der Waals surface area (Å²) in [5.41, 5.74) is 1.14. The Labute approximate surface area is 127 Å². The van der Waals surface area contributed by atoms with Crippen LogP contribution in [0.25, 0.3) is 0 Å². The Morgan fingerprint density at radius 2 is 2.06 bits per heavy atom. The molecule has 1 aliphatic rings. The molecule has 18 heavy (non-hydrogen) atoms. The Hall–Kier alpha value is -0.181. The van der Waals surface area contributed by atoms with Gasteiger partial charge in [0.05, 0.1) is 0 Å². The molecular formula is C12H10Cl3NOSe. The summed E-state index contributed by atoms with van der Waals surface area (Å²) in [6.45, 7) is 2.82. The summed E-state index contributed by atoms with van der Waals surface area (Å²) < 4.78 is 0.301. The first kappa shape index (κ1) is 14.2. The van der Waals surface area contributed by atoms with Crippen molar-refractivity contribution in [2.75, 3.05) is 11.4 Å². The number of carbonyl (C=O) groups is 1. The number of halogens is 3. The van der Waals surface area contributed by atoms with Crippen molar-refractivity contribution in [2.24, 2.45) is 0 Å². The number of benzene rings is 1. The van der Waals surface area contributed by atoms with Crippen LogP contribution in [0.1, 0.15) is 6.92 Å². The molecule has 0 bridgehead atoms. The van der Waals surface area contributed by atoms with Crippen LogP contribution in [0.3, 0.4) is 0 Å². The van der Waals surface area contributed by atoms with Crippen LogP contribution in [0.5, 0.6) is 0 Å². The molecule has 1 aliphatic heterocycles. The topological polar surface area (TPSA) is 20.3 Å². The number of nitrogens with zero attached hydrogens (tertiary/aromatic N) is 1. The number of para-hydroxylation sites is 1. The maximum absolute atomic E-state index is 11.7. The summed E-state index contributed by atoms with van der Waals surface area (Å²) in [5, 5.41) is 0. The zero-order chi connectivity index (χ0) is 13.3. The maximum atomic E-state index is 11.7. The molecule has 1 aromatic rings. The number of alkyl halides is 3. The second-order valence-electron chi connectivity index (χ2n) is 3.66. The average Bonchev–Trinajstić information content (AvgIpc) is 2.64. The van der Waals surface area contributed by atoms with Crippen molar-refractivity contribution in [1.82, 2.24) is 0 Å². The predicted molar refractivity (Wildman–Crippen MR) is 78.2 cm³/mol. The molecule has 2 nitrogen and oxygen atoms in total. The summed E-state index contributed by atoms with van der Waals surface area (Å²) in [6.07, 6.45) is 1.45. The third-order valence-corrected chi connectivity index (χ3v) is 5.38. The summed E-state index contributed by atoms with van der Waals surface area (Å²) in [5.74, 6) is -0.490. The van der Waals surface area contributed by atoms with Gasteiger partial charge in [-0.2, -0.15) is 0 Å². The van der Waals surface area contributed by atoms with E-state index in [2.05, 4.69) is 11.0 Å². The fourth-order valence-corrected chi connectivity index (χ4v) is 4.27. The van der Waals surface area contributed by atoms with Gasteiger partial charge in [0.1, 0.15) is 0 Å². The van der Waals surface area contributed by atoms with Crippen LogP contribution in [0.15, 0.2) is 34.9 Å². The Morgan fingerprint density at radius 1 is 1.39 bits per heavy atom. The second kappa shape index (κ2) is 5.44. The third-order valence-electron chi connectivity index (χ3n) is 2.49. The normalized spacial score (nSPS) is 17.1. The van der Waals surface area contributed by atoms with E-state index in [0.717, 1.165) is 16.8 Å². The molecule has 0 aliphatic carbocycles. The number of anilines is 1. The van der Waals surface area contributed by atoms with E-state index in [1.165, 1.54) is 10.5 Å². The van der Waals surface area contributed by atoms with Gasteiger partial charge in [0, 0.05) is 0 Å². The molecule has 0 N–H and O–H groups in total. The van der Waals surface area contributed by atoms with Crippen molar-refractivity contribution in [1.29, 1.82) is 0 Å². The van der Waals surface area contributed by atoms with E-state index in [4.69, 9.17) is 34.8 Å². The van der Waals surface area contributed by atoms with Crippen molar-refractivity contribution in [3.05, 3.63) is 34.9 Å². The van der Waals surface area contributed by atoms with Gasteiger partial charge >= 0.3 is 128 Å². The van der Waals surface area contributed by atoms with Gasteiger partial charge in [-0.3, -0.25) is 0 Å². The number of rotatable bonds is 2. The molecule has 0 saturated heterocycles. The summed E-state index contributed by atoms with van der Waals surface area (Å²) in [7, 11) is 0. The number of ketones is 1. The molecule has 6 heteroatoms. The van der Waals surface area contributed by atoms with Crippen molar-refractivity contribution in [3.8, 4) is 0 Å². The monoisotopic (exact) mass is 369 g/mol. The van der Waals surface area contributed by atoms with Crippen LogP contribution in [0, 0.1) is 0 Å². The van der Waals surface area contributed by atoms with E-state index in [1.54, 1.807) is 0 Å². The van der Waals surface area contributed by atoms with Crippen LogP contribution in [-0.4, -0.2) is 31.1 Å². The Bertz CT molecular complexity index is 510. The van der Waals surface area contributed by atoms with Crippen molar-refractivity contribution in [3.63, 3.8) is 0 Å². The van der Waals surface area contributed by atoms with Crippen LogP contribution < -0.4 is 9.36 Å². The number of allylic oxidation sites excluding steroid dienone is 1. The number of carbonyl (C=O) groups excluding carboxylic acids is 1. The fraction of sp³-hybridized carbons (Fsp3) is 0.250. The first-order valence-electron chi connectivity index (χ1n) is 5.30. The Kier molecular flexibility index (Phi) is 4.30. The Balaban J connectivity index is 2.33. The molecule has 1 heterocycles. The van der Waals surface area contributed by atoms with Gasteiger partial charge < -0.3 is 0 Å². The quantitative estimate of drug-likeness (QED) is 0.454. The van der Waals surface area contributed by atoms with E-state index in [9.17, 15) is 4.79 Å². The van der Waals surface area contributed by atoms with Gasteiger partial charge in [0.2, 0.25) is 0 Å². The molecule has 0 aromatic heterocycles. The molecule has 0 atom stereocenters. The average molecular weight is 370 g/mol. The van der Waals surface area contributed by atoms with Crippen molar-refractivity contribution < 1.29 is 4.79 Å². The van der Waals surface area contributed by atoms with Crippen molar-refractivity contribution in [2.45, 2.75) is 10.7 Å². The zero-order valence-electron chi connectivity index (χ0n) is 9.49. The molecule has 0 fully saturated rings. The fourth-order valence-electron chi connectivity index (χ4n) is 1.68. The second-order valence-corrected chi connectivity index (χ2v) is 8.17. The first-order chi connectivity index (χ1) is 8.43. The first-order valence-corrected chi connectivity index (χ1v) is 8.15. The van der Waals surface area contributed by atoms with Crippen molar-refractivity contribution >= 4 is 65.7 Å². The number of hydrogen-bond donors (Lipinski definition) is 0. The molecule has 0 spiro atoms. The summed E-state index contributed by atoms with van der Waals surface area (Å²) in [6, 6.07) is 8.09. The molecule has 1 aromatic carbocycles. The molecule has 0 radical (unpaired) electrons. The van der Waals surface area contributed by atoms with Gasteiger partial charge in [-0.25, -0.2) is 0 Å². The van der Waals surface area contributed by atoms with E-state index in [-0.39, 0.29) is 15.0 Å². The summed E-state index contributed by atoms with van der Waals surface area (Å²) in [4.78, 5) is 13.8. The van der Waals surface area contributed by atoms with E-state index in [0.29, 0.717) is 0 Å². The molecule has 96 valence electrons. The van der Waals surface area contributed by atoms with Gasteiger partial charge in [-0.15, -0.1) is 0 Å². The third kappa shape index (κ3) is 2.87. The van der Waals surface area contributed by atoms with Gasteiger partial charge in [-0.05, 0) is 0 Å². The molecule has 0 amide bonds. The van der Waals surface area contributed by atoms with Gasteiger partial charge in [0.25, 0.3) is 0 Å². The molecule has 0 saturated carbocycles. The Morgan fingerprint density at radius 3 is 2.67 bits per heavy atom. The standard InChI is InChI=1S/C12H10Cl3NOSe/c1-2-16-8-5-3-4-6-9(8)18-11(16)7-10(17)12(13,14)15/h3-7H,2H2,1H3. The molecule has 2 rings (SSSR count). The van der Waals surface area contributed by atoms with Crippen LogP contribution in [-0.2, 0) is 4.79 Å². The predicted octanol–water partition coefficient (Wildman–Crippen LogP) is 2.64. The van der Waals surface area contributed by atoms with Crippen LogP contribution in [0.2, 0.25) is 0 Å². The minimum atomic E-state index is -1.88.